The van der Waals surface area contributed by atoms with E-state index in [2.05, 4.69) is 13.8 Å². The van der Waals surface area contributed by atoms with Crippen LogP contribution in [0.25, 0.3) is 0 Å². The minimum absolute atomic E-state index is 0.0749. The molecule has 0 aromatic heterocycles. The van der Waals surface area contributed by atoms with Crippen LogP contribution in [0, 0.1) is 5.41 Å². The SMILES string of the molecule is COc1cc([C@H](O)c2ccc3c(c2)OCC(C)(C)CO3)cc(OC)c1OC. The summed E-state index contributed by atoms with van der Waals surface area (Å²) in [6.45, 7) is 5.30. The lowest BCUT2D eigenvalue weighted by atomic mass is 9.97. The molecule has 6 nitrogen and oxygen atoms in total. The number of rotatable bonds is 5. The van der Waals surface area contributed by atoms with Crippen LogP contribution >= 0.6 is 0 Å². The molecule has 27 heavy (non-hydrogen) atoms. The highest BCUT2D eigenvalue weighted by Gasteiger charge is 2.26. The summed E-state index contributed by atoms with van der Waals surface area (Å²) in [6.07, 6.45) is -0.885. The zero-order valence-corrected chi connectivity index (χ0v) is 16.4. The lowest BCUT2D eigenvalue weighted by Crippen LogP contribution is -2.26. The number of aliphatic hydroxyl groups excluding tert-OH is 1. The molecule has 0 saturated carbocycles. The van der Waals surface area contributed by atoms with E-state index >= 15 is 0 Å². The molecule has 1 aliphatic rings. The molecule has 1 heterocycles. The smallest absolute Gasteiger partial charge is 0.203 e. The van der Waals surface area contributed by atoms with E-state index in [0.717, 1.165) is 0 Å². The van der Waals surface area contributed by atoms with Crippen molar-refractivity contribution in [1.29, 1.82) is 0 Å². The van der Waals surface area contributed by atoms with E-state index in [1.165, 1.54) is 0 Å². The normalized spacial score (nSPS) is 16.2. The fourth-order valence-electron chi connectivity index (χ4n) is 2.97. The molecule has 6 heteroatoms. The molecule has 3 rings (SSSR count). The van der Waals surface area contributed by atoms with Crippen LogP contribution in [0.5, 0.6) is 28.7 Å². The lowest BCUT2D eigenvalue weighted by molar-refractivity contribution is 0.140. The van der Waals surface area contributed by atoms with Gasteiger partial charge in [-0.25, -0.2) is 0 Å². The van der Waals surface area contributed by atoms with Crippen molar-refractivity contribution >= 4 is 0 Å². The molecule has 1 aliphatic heterocycles. The van der Waals surface area contributed by atoms with E-state index in [9.17, 15) is 5.11 Å². The third-order valence-electron chi connectivity index (χ3n) is 4.52. The topological polar surface area (TPSA) is 66.4 Å². The first kappa shape index (κ1) is 19.2. The van der Waals surface area contributed by atoms with Crippen LogP contribution in [0.2, 0.25) is 0 Å². The van der Waals surface area contributed by atoms with Crippen LogP contribution < -0.4 is 23.7 Å². The fraction of sp³-hybridized carbons (Fsp3) is 0.429. The number of benzene rings is 2. The summed E-state index contributed by atoms with van der Waals surface area (Å²) in [6, 6.07) is 8.93. The van der Waals surface area contributed by atoms with Gasteiger partial charge in [0.25, 0.3) is 0 Å². The Balaban J connectivity index is 1.95. The van der Waals surface area contributed by atoms with Crippen molar-refractivity contribution in [2.75, 3.05) is 34.5 Å². The van der Waals surface area contributed by atoms with Gasteiger partial charge in [-0.15, -0.1) is 0 Å². The molecule has 0 amide bonds. The number of ether oxygens (including phenoxy) is 5. The second-order valence-electron chi connectivity index (χ2n) is 7.31. The molecule has 0 fully saturated rings. The minimum atomic E-state index is -0.885. The van der Waals surface area contributed by atoms with E-state index in [1.54, 1.807) is 33.5 Å². The van der Waals surface area contributed by atoms with Crippen LogP contribution in [0.15, 0.2) is 30.3 Å². The molecule has 2 aromatic carbocycles. The molecule has 146 valence electrons. The summed E-state index contributed by atoms with van der Waals surface area (Å²) >= 11 is 0. The van der Waals surface area contributed by atoms with E-state index in [4.69, 9.17) is 23.7 Å². The average Bonchev–Trinajstić information content (AvgIpc) is 2.84. The maximum Gasteiger partial charge on any atom is 0.203 e. The molecule has 1 atom stereocenters. The van der Waals surface area contributed by atoms with E-state index in [-0.39, 0.29) is 5.41 Å². The molecular formula is C21H26O6. The van der Waals surface area contributed by atoms with Crippen molar-refractivity contribution < 1.29 is 28.8 Å². The van der Waals surface area contributed by atoms with E-state index in [1.807, 2.05) is 18.2 Å². The first-order chi connectivity index (χ1) is 12.9. The molecule has 0 saturated heterocycles. The number of hydrogen-bond acceptors (Lipinski definition) is 6. The highest BCUT2D eigenvalue weighted by Crippen LogP contribution is 2.42. The van der Waals surface area contributed by atoms with Gasteiger partial charge in [0.05, 0.1) is 34.5 Å². The minimum Gasteiger partial charge on any atom is -0.493 e. The Kier molecular flexibility index (Phi) is 5.37. The zero-order chi connectivity index (χ0) is 19.6. The molecule has 2 aromatic rings. The summed E-state index contributed by atoms with van der Waals surface area (Å²) in [5.41, 5.74) is 1.24. The van der Waals surface area contributed by atoms with Crippen LogP contribution in [-0.4, -0.2) is 39.6 Å². The van der Waals surface area contributed by atoms with Gasteiger partial charge in [-0.05, 0) is 35.4 Å². The predicted octanol–water partition coefficient (Wildman–Crippen LogP) is 3.59. The van der Waals surface area contributed by atoms with E-state index < -0.39 is 6.10 Å². The second kappa shape index (κ2) is 7.56. The Morgan fingerprint density at radius 1 is 0.852 bits per heavy atom. The van der Waals surface area contributed by atoms with Crippen molar-refractivity contribution in [2.45, 2.75) is 20.0 Å². The molecule has 0 aliphatic carbocycles. The number of aliphatic hydroxyl groups is 1. The van der Waals surface area contributed by atoms with Crippen LogP contribution in [-0.2, 0) is 0 Å². The van der Waals surface area contributed by atoms with Gasteiger partial charge in [0, 0.05) is 5.41 Å². The van der Waals surface area contributed by atoms with Crippen LogP contribution in [0.4, 0.5) is 0 Å². The highest BCUT2D eigenvalue weighted by molar-refractivity contribution is 5.55. The predicted molar refractivity (Wildman–Crippen MR) is 101 cm³/mol. The standard InChI is InChI=1S/C21H26O6/c1-21(2)11-26-15-7-6-13(8-16(15)27-12-21)19(22)14-9-17(23-3)20(25-5)18(10-14)24-4/h6-10,19,22H,11-12H2,1-5H3/t19-/m1/s1. The molecule has 0 spiro atoms. The average molecular weight is 374 g/mol. The van der Waals surface area contributed by atoms with Crippen molar-refractivity contribution in [3.63, 3.8) is 0 Å². The Bertz CT molecular complexity index is 789. The van der Waals surface area contributed by atoms with Gasteiger partial charge in [-0.3, -0.25) is 0 Å². The largest absolute Gasteiger partial charge is 0.493 e. The highest BCUT2D eigenvalue weighted by atomic mass is 16.5. The Labute approximate surface area is 159 Å². The zero-order valence-electron chi connectivity index (χ0n) is 16.4. The summed E-state index contributed by atoms with van der Waals surface area (Å²) in [4.78, 5) is 0. The van der Waals surface area contributed by atoms with Gasteiger partial charge in [0.1, 0.15) is 6.10 Å². The summed E-state index contributed by atoms with van der Waals surface area (Å²) in [5.74, 6) is 2.77. The van der Waals surface area contributed by atoms with Crippen molar-refractivity contribution in [3.8, 4) is 28.7 Å². The second-order valence-corrected chi connectivity index (χ2v) is 7.31. The van der Waals surface area contributed by atoms with Gasteiger partial charge in [-0.1, -0.05) is 19.9 Å². The van der Waals surface area contributed by atoms with Gasteiger partial charge < -0.3 is 28.8 Å². The summed E-state index contributed by atoms with van der Waals surface area (Å²) in [7, 11) is 4.63. The van der Waals surface area contributed by atoms with Crippen LogP contribution in [0.3, 0.4) is 0 Å². The monoisotopic (exact) mass is 374 g/mol. The first-order valence-electron chi connectivity index (χ1n) is 8.76. The Morgan fingerprint density at radius 2 is 1.44 bits per heavy atom. The van der Waals surface area contributed by atoms with Crippen molar-refractivity contribution in [2.24, 2.45) is 5.41 Å². The maximum absolute atomic E-state index is 10.9. The number of methoxy groups -OCH3 is 3. The molecule has 0 bridgehead atoms. The van der Waals surface area contributed by atoms with E-state index in [0.29, 0.717) is 53.1 Å². The van der Waals surface area contributed by atoms with Gasteiger partial charge >= 0.3 is 0 Å². The third kappa shape index (κ3) is 3.90. The van der Waals surface area contributed by atoms with Gasteiger partial charge in [-0.2, -0.15) is 0 Å². The van der Waals surface area contributed by atoms with Crippen LogP contribution in [0.1, 0.15) is 31.1 Å². The van der Waals surface area contributed by atoms with Crippen molar-refractivity contribution in [3.05, 3.63) is 41.5 Å². The Hall–Kier alpha value is -2.60. The maximum atomic E-state index is 10.9. The van der Waals surface area contributed by atoms with Gasteiger partial charge in [0.2, 0.25) is 5.75 Å². The molecule has 0 unspecified atom stereocenters. The van der Waals surface area contributed by atoms with Gasteiger partial charge in [0.15, 0.2) is 23.0 Å². The molecule has 0 radical (unpaired) electrons. The summed E-state index contributed by atoms with van der Waals surface area (Å²) in [5, 5.41) is 10.9. The fourth-order valence-corrected chi connectivity index (χ4v) is 2.97. The lowest BCUT2D eigenvalue weighted by Gasteiger charge is -2.19. The van der Waals surface area contributed by atoms with Crippen molar-refractivity contribution in [1.82, 2.24) is 0 Å². The molecular weight excluding hydrogens is 348 g/mol. The molecule has 1 N–H and O–H groups in total. The number of fused-ring (bicyclic) bond motifs is 1. The quantitative estimate of drug-likeness (QED) is 0.863. The summed E-state index contributed by atoms with van der Waals surface area (Å²) < 4.78 is 27.8. The third-order valence-corrected chi connectivity index (χ3v) is 4.52. The Morgan fingerprint density at radius 3 is 2.00 bits per heavy atom. The first-order valence-corrected chi connectivity index (χ1v) is 8.76. The number of hydrogen-bond donors (Lipinski definition) is 1.